The molecule has 0 unspecified atom stereocenters. The van der Waals surface area contributed by atoms with E-state index in [1.54, 1.807) is 12.0 Å². The van der Waals surface area contributed by atoms with Gasteiger partial charge in [-0.1, -0.05) is 39.3 Å². The first-order chi connectivity index (χ1) is 16.5. The molecule has 0 saturated carbocycles. The molecular formula is C26H28BrN3O3S. The van der Waals surface area contributed by atoms with E-state index in [-0.39, 0.29) is 18.2 Å². The van der Waals surface area contributed by atoms with E-state index in [2.05, 4.69) is 27.3 Å². The molecule has 178 valence electrons. The van der Waals surface area contributed by atoms with Crippen LogP contribution in [0.1, 0.15) is 38.5 Å². The van der Waals surface area contributed by atoms with E-state index in [0.717, 1.165) is 35.2 Å². The number of halogens is 1. The number of carbonyl (C=O) groups is 2. The second kappa shape index (κ2) is 11.7. The average molecular weight is 542 g/mol. The third-order valence-electron chi connectivity index (χ3n) is 5.86. The topological polar surface area (TPSA) is 71.0 Å². The number of benzene rings is 2. The highest BCUT2D eigenvalue weighted by atomic mass is 79.9. The number of carbonyl (C=O) groups excluding carboxylic acids is 2. The fourth-order valence-electron chi connectivity index (χ4n) is 4.00. The van der Waals surface area contributed by atoms with Gasteiger partial charge in [0, 0.05) is 23.1 Å². The van der Waals surface area contributed by atoms with Crippen LogP contribution in [0.25, 0.3) is 0 Å². The molecule has 1 heterocycles. The predicted molar refractivity (Wildman–Crippen MR) is 142 cm³/mol. The van der Waals surface area contributed by atoms with Crippen LogP contribution in [-0.4, -0.2) is 40.8 Å². The van der Waals surface area contributed by atoms with Gasteiger partial charge in [0.15, 0.2) is 5.17 Å². The number of amides is 2. The molecule has 8 heteroatoms. The van der Waals surface area contributed by atoms with Crippen LogP contribution in [0.5, 0.6) is 5.75 Å². The first-order valence-electron chi connectivity index (χ1n) is 11.5. The Labute approximate surface area is 213 Å². The molecule has 1 N–H and O–H groups in total. The van der Waals surface area contributed by atoms with Gasteiger partial charge in [-0.05, 0) is 80.6 Å². The molecule has 2 aromatic rings. The Kier molecular flexibility index (Phi) is 8.45. The lowest BCUT2D eigenvalue weighted by atomic mass is 9.97. The van der Waals surface area contributed by atoms with E-state index in [9.17, 15) is 9.59 Å². The van der Waals surface area contributed by atoms with Crippen LogP contribution < -0.4 is 10.1 Å². The number of hydrogen-bond acceptors (Lipinski definition) is 5. The van der Waals surface area contributed by atoms with E-state index in [1.165, 1.54) is 30.2 Å². The molecule has 0 spiro atoms. The van der Waals surface area contributed by atoms with Crippen molar-refractivity contribution in [3.05, 3.63) is 64.7 Å². The summed E-state index contributed by atoms with van der Waals surface area (Å²) in [4.78, 5) is 32.5. The average Bonchev–Trinajstić information content (AvgIpc) is 3.13. The van der Waals surface area contributed by atoms with Crippen LogP contribution >= 0.6 is 27.7 Å². The molecule has 1 aliphatic heterocycles. The smallest absolute Gasteiger partial charge is 0.242 e. The molecule has 0 radical (unpaired) electrons. The molecule has 6 nitrogen and oxygen atoms in total. The molecular weight excluding hydrogens is 514 g/mol. The van der Waals surface area contributed by atoms with Crippen molar-refractivity contribution in [1.82, 2.24) is 4.90 Å². The van der Waals surface area contributed by atoms with Gasteiger partial charge in [-0.3, -0.25) is 14.5 Å². The minimum Gasteiger partial charge on any atom is -0.497 e. The van der Waals surface area contributed by atoms with Crippen molar-refractivity contribution in [3.8, 4) is 5.75 Å². The summed E-state index contributed by atoms with van der Waals surface area (Å²) in [6.07, 6.45) is 7.90. The Morgan fingerprint density at radius 1 is 1.18 bits per heavy atom. The van der Waals surface area contributed by atoms with Gasteiger partial charge in [0.2, 0.25) is 11.8 Å². The molecule has 2 aromatic carbocycles. The predicted octanol–water partition coefficient (Wildman–Crippen LogP) is 6.31. The molecule has 1 saturated heterocycles. The summed E-state index contributed by atoms with van der Waals surface area (Å²) in [5.41, 5.74) is 2.86. The maximum absolute atomic E-state index is 13.3. The van der Waals surface area contributed by atoms with Crippen LogP contribution in [0.3, 0.4) is 0 Å². The van der Waals surface area contributed by atoms with Crippen molar-refractivity contribution in [2.75, 3.05) is 19.0 Å². The molecule has 1 fully saturated rings. The van der Waals surface area contributed by atoms with Crippen molar-refractivity contribution in [3.63, 3.8) is 0 Å². The maximum atomic E-state index is 13.3. The second-order valence-corrected chi connectivity index (χ2v) is 10.4. The zero-order chi connectivity index (χ0) is 23.9. The van der Waals surface area contributed by atoms with E-state index < -0.39 is 5.25 Å². The number of allylic oxidation sites excluding steroid dienone is 1. The molecule has 1 atom stereocenters. The van der Waals surface area contributed by atoms with Gasteiger partial charge in [-0.15, -0.1) is 0 Å². The highest BCUT2D eigenvalue weighted by Gasteiger charge is 2.39. The lowest BCUT2D eigenvalue weighted by Crippen LogP contribution is -2.34. The Morgan fingerprint density at radius 3 is 2.62 bits per heavy atom. The Bertz CT molecular complexity index is 1080. The van der Waals surface area contributed by atoms with Crippen molar-refractivity contribution < 1.29 is 14.3 Å². The summed E-state index contributed by atoms with van der Waals surface area (Å²) in [6, 6.07) is 14.8. The Hall–Kier alpha value is -2.58. The molecule has 0 aromatic heterocycles. The van der Waals surface area contributed by atoms with Crippen LogP contribution in [0.15, 0.2) is 69.6 Å². The normalized spacial score (nSPS) is 19.3. The van der Waals surface area contributed by atoms with Crippen LogP contribution in [-0.2, 0) is 9.59 Å². The highest BCUT2D eigenvalue weighted by molar-refractivity contribution is 9.10. The summed E-state index contributed by atoms with van der Waals surface area (Å²) < 4.78 is 6.17. The fourth-order valence-corrected chi connectivity index (χ4v) is 5.45. The largest absolute Gasteiger partial charge is 0.497 e. The number of nitrogens with zero attached hydrogens (tertiary/aromatic N) is 2. The Balaban J connectivity index is 1.48. The SMILES string of the molecule is COc1ccc(N=C2S[C@@H](CC(=O)Nc3ccc(Br)cc3)C(=O)N2CCC2=CCCCC2)cc1. The van der Waals surface area contributed by atoms with E-state index >= 15 is 0 Å². The molecule has 4 rings (SSSR count). The number of ether oxygens (including phenoxy) is 1. The van der Waals surface area contributed by atoms with Crippen molar-refractivity contribution in [2.24, 2.45) is 4.99 Å². The molecule has 2 amide bonds. The molecule has 34 heavy (non-hydrogen) atoms. The van der Waals surface area contributed by atoms with Gasteiger partial charge in [-0.2, -0.15) is 0 Å². The molecule has 2 aliphatic rings. The monoisotopic (exact) mass is 541 g/mol. The summed E-state index contributed by atoms with van der Waals surface area (Å²) in [5.74, 6) is 0.510. The number of anilines is 1. The van der Waals surface area contributed by atoms with Gasteiger partial charge in [0.05, 0.1) is 12.8 Å². The van der Waals surface area contributed by atoms with Crippen LogP contribution in [0.4, 0.5) is 11.4 Å². The number of nitrogens with one attached hydrogen (secondary N) is 1. The highest BCUT2D eigenvalue weighted by Crippen LogP contribution is 2.33. The van der Waals surface area contributed by atoms with E-state index in [1.807, 2.05) is 48.5 Å². The first kappa shape index (κ1) is 24.5. The van der Waals surface area contributed by atoms with Gasteiger partial charge < -0.3 is 10.1 Å². The van der Waals surface area contributed by atoms with Gasteiger partial charge >= 0.3 is 0 Å². The summed E-state index contributed by atoms with van der Waals surface area (Å²) in [6.45, 7) is 0.581. The maximum Gasteiger partial charge on any atom is 0.242 e. The van der Waals surface area contributed by atoms with E-state index in [4.69, 9.17) is 9.73 Å². The number of methoxy groups -OCH3 is 1. The van der Waals surface area contributed by atoms with Gasteiger partial charge in [-0.25, -0.2) is 4.99 Å². The first-order valence-corrected chi connectivity index (χ1v) is 13.1. The summed E-state index contributed by atoms with van der Waals surface area (Å²) >= 11 is 4.76. The van der Waals surface area contributed by atoms with Crippen molar-refractivity contribution in [2.45, 2.75) is 43.8 Å². The summed E-state index contributed by atoms with van der Waals surface area (Å²) in [7, 11) is 1.62. The lowest BCUT2D eigenvalue weighted by molar-refractivity contribution is -0.128. The quantitative estimate of drug-likeness (QED) is 0.397. The van der Waals surface area contributed by atoms with Gasteiger partial charge in [0.25, 0.3) is 0 Å². The molecule has 1 aliphatic carbocycles. The Morgan fingerprint density at radius 2 is 1.94 bits per heavy atom. The second-order valence-electron chi connectivity index (χ2n) is 8.31. The van der Waals surface area contributed by atoms with Crippen LogP contribution in [0.2, 0.25) is 0 Å². The standard InChI is InChI=1S/C26H28BrN3O3S/c1-33-22-13-11-21(12-14-22)29-26-30(16-15-18-5-3-2-4-6-18)25(32)23(34-26)17-24(31)28-20-9-7-19(27)8-10-20/h5,7-14,23H,2-4,6,15-17H2,1H3,(H,28,31)/t23-/m0/s1. The van der Waals surface area contributed by atoms with Gasteiger partial charge in [0.1, 0.15) is 11.0 Å². The number of amidine groups is 1. The number of hydrogen-bond donors (Lipinski definition) is 1. The minimum atomic E-state index is -0.493. The number of aliphatic imine (C=N–C) groups is 1. The number of rotatable bonds is 8. The minimum absolute atomic E-state index is 0.0559. The fraction of sp³-hybridized carbons (Fsp3) is 0.346. The zero-order valence-electron chi connectivity index (χ0n) is 19.1. The third kappa shape index (κ3) is 6.51. The number of thioether (sulfide) groups is 1. The third-order valence-corrected chi connectivity index (χ3v) is 7.56. The summed E-state index contributed by atoms with van der Waals surface area (Å²) in [5, 5.41) is 3.04. The zero-order valence-corrected chi connectivity index (χ0v) is 21.5. The van der Waals surface area contributed by atoms with Crippen molar-refractivity contribution in [1.29, 1.82) is 0 Å². The lowest BCUT2D eigenvalue weighted by Gasteiger charge is -2.19. The van der Waals surface area contributed by atoms with Crippen LogP contribution in [0, 0.1) is 0 Å². The van der Waals surface area contributed by atoms with Crippen molar-refractivity contribution >= 4 is 56.0 Å². The van der Waals surface area contributed by atoms with E-state index in [0.29, 0.717) is 17.4 Å². The molecule has 0 bridgehead atoms.